The summed E-state index contributed by atoms with van der Waals surface area (Å²) in [5.74, 6) is -0.681. The van der Waals surface area contributed by atoms with Gasteiger partial charge in [0.2, 0.25) is 5.95 Å². The minimum Gasteiger partial charge on any atom is -0.234 e. The molecule has 20 heavy (non-hydrogen) atoms. The van der Waals surface area contributed by atoms with Crippen LogP contribution in [-0.2, 0) is 16.6 Å². The zero-order valence-electron chi connectivity index (χ0n) is 10.2. The van der Waals surface area contributed by atoms with Crippen molar-refractivity contribution in [1.82, 2.24) is 14.8 Å². The van der Waals surface area contributed by atoms with Gasteiger partial charge in [-0.1, -0.05) is 11.6 Å². The fraction of sp³-hybridized carbons (Fsp3) is 0.273. The van der Waals surface area contributed by atoms with Crippen molar-refractivity contribution in [3.8, 4) is 0 Å². The molecule has 2 heterocycles. The monoisotopic (exact) mass is 316 g/mol. The van der Waals surface area contributed by atoms with Crippen molar-refractivity contribution in [2.45, 2.75) is 17.9 Å². The highest BCUT2D eigenvalue weighted by atomic mass is 35.5. The molecule has 0 saturated heterocycles. The molecule has 3 rings (SSSR count). The van der Waals surface area contributed by atoms with Crippen LogP contribution < -0.4 is 4.31 Å². The molecule has 106 valence electrons. The number of sulfonamides is 1. The van der Waals surface area contributed by atoms with Crippen molar-refractivity contribution in [1.29, 1.82) is 0 Å². The van der Waals surface area contributed by atoms with E-state index in [4.69, 9.17) is 11.6 Å². The van der Waals surface area contributed by atoms with Gasteiger partial charge in [-0.15, -0.1) is 0 Å². The average molecular weight is 317 g/mol. The van der Waals surface area contributed by atoms with Gasteiger partial charge in [0.05, 0.1) is 0 Å². The van der Waals surface area contributed by atoms with E-state index in [0.717, 1.165) is 16.4 Å². The normalized spacial score (nSPS) is 15.2. The van der Waals surface area contributed by atoms with Gasteiger partial charge in [0.15, 0.2) is 0 Å². The van der Waals surface area contributed by atoms with Gasteiger partial charge in [0.1, 0.15) is 17.0 Å². The Morgan fingerprint density at radius 2 is 2.10 bits per heavy atom. The van der Waals surface area contributed by atoms with Crippen LogP contribution in [0.3, 0.4) is 0 Å². The molecule has 0 fully saturated rings. The third-order valence-corrected chi connectivity index (χ3v) is 5.06. The van der Waals surface area contributed by atoms with Gasteiger partial charge in [-0.3, -0.25) is 0 Å². The Hall–Kier alpha value is -1.67. The number of rotatable bonds is 2. The van der Waals surface area contributed by atoms with Crippen molar-refractivity contribution in [3.05, 3.63) is 35.4 Å². The van der Waals surface area contributed by atoms with E-state index in [0.29, 0.717) is 13.0 Å². The summed E-state index contributed by atoms with van der Waals surface area (Å²) in [6.07, 6.45) is 1.87. The quantitative estimate of drug-likeness (QED) is 0.845. The molecule has 9 heteroatoms. The van der Waals surface area contributed by atoms with Crippen molar-refractivity contribution < 1.29 is 12.8 Å². The lowest BCUT2D eigenvalue weighted by Gasteiger charge is -2.27. The van der Waals surface area contributed by atoms with Crippen LogP contribution in [0, 0.1) is 5.82 Å². The number of nitrogens with zero attached hydrogens (tertiary/aromatic N) is 4. The molecule has 1 aromatic carbocycles. The smallest absolute Gasteiger partial charge is 0.234 e. The Labute approximate surface area is 119 Å². The van der Waals surface area contributed by atoms with Crippen molar-refractivity contribution in [2.24, 2.45) is 0 Å². The van der Waals surface area contributed by atoms with Crippen molar-refractivity contribution in [3.63, 3.8) is 0 Å². The first kappa shape index (κ1) is 13.3. The van der Waals surface area contributed by atoms with Crippen LogP contribution in [0.25, 0.3) is 0 Å². The summed E-state index contributed by atoms with van der Waals surface area (Å²) < 4.78 is 41.5. The largest absolute Gasteiger partial charge is 0.269 e. The summed E-state index contributed by atoms with van der Waals surface area (Å²) >= 11 is 5.64. The van der Waals surface area contributed by atoms with Crippen molar-refractivity contribution in [2.75, 3.05) is 10.8 Å². The van der Waals surface area contributed by atoms with E-state index in [1.807, 2.05) is 0 Å². The maximum Gasteiger partial charge on any atom is 0.269 e. The van der Waals surface area contributed by atoms with E-state index in [-0.39, 0.29) is 17.5 Å². The Morgan fingerprint density at radius 1 is 1.30 bits per heavy atom. The number of benzene rings is 1. The summed E-state index contributed by atoms with van der Waals surface area (Å²) in [4.78, 5) is 3.51. The molecule has 6 nitrogen and oxygen atoms in total. The Morgan fingerprint density at radius 3 is 2.85 bits per heavy atom. The second-order valence-corrected chi connectivity index (χ2v) is 6.56. The second kappa shape index (κ2) is 4.71. The average Bonchev–Trinajstić information content (AvgIpc) is 2.85. The third-order valence-electron chi connectivity index (χ3n) is 3.01. The van der Waals surface area contributed by atoms with E-state index in [1.165, 1.54) is 17.1 Å². The van der Waals surface area contributed by atoms with Crippen molar-refractivity contribution >= 4 is 27.6 Å². The number of anilines is 1. The molecule has 0 aliphatic carbocycles. The number of aryl methyl sites for hydroxylation is 1. The van der Waals surface area contributed by atoms with Gasteiger partial charge in [-0.05, 0) is 24.6 Å². The standard InChI is InChI=1S/C11H10ClFN4O2S/c12-8-2-3-10(9(13)6-8)20(18,19)17-5-1-4-16-11(17)14-7-15-16/h2-3,6-7H,1,4-5H2. The van der Waals surface area contributed by atoms with Gasteiger partial charge in [0, 0.05) is 18.1 Å². The molecule has 0 saturated carbocycles. The number of fused-ring (bicyclic) bond motifs is 1. The van der Waals surface area contributed by atoms with Gasteiger partial charge in [-0.25, -0.2) is 21.8 Å². The fourth-order valence-corrected chi connectivity index (χ4v) is 3.77. The lowest BCUT2D eigenvalue weighted by Crippen LogP contribution is -2.38. The molecule has 0 atom stereocenters. The highest BCUT2D eigenvalue weighted by molar-refractivity contribution is 7.92. The highest BCUT2D eigenvalue weighted by Crippen LogP contribution is 2.27. The lowest BCUT2D eigenvalue weighted by atomic mass is 10.3. The Bertz CT molecular complexity index is 762. The first-order chi connectivity index (χ1) is 9.50. The predicted molar refractivity (Wildman–Crippen MR) is 70.6 cm³/mol. The minimum absolute atomic E-state index is 0.142. The van der Waals surface area contributed by atoms with Crippen LogP contribution in [0.1, 0.15) is 6.42 Å². The SMILES string of the molecule is O=S(=O)(c1ccc(Cl)cc1F)N1CCCn2ncnc21. The van der Waals surface area contributed by atoms with Gasteiger partial charge in [-0.2, -0.15) is 10.1 Å². The number of hydrogen-bond acceptors (Lipinski definition) is 4. The van der Waals surface area contributed by atoms with Crippen LogP contribution in [0.2, 0.25) is 5.02 Å². The van der Waals surface area contributed by atoms with Gasteiger partial charge in [0.25, 0.3) is 10.0 Å². The Kier molecular flexibility index (Phi) is 3.14. The zero-order valence-corrected chi connectivity index (χ0v) is 11.8. The summed E-state index contributed by atoms with van der Waals surface area (Å²) in [5.41, 5.74) is 0. The van der Waals surface area contributed by atoms with E-state index < -0.39 is 20.7 Å². The summed E-state index contributed by atoms with van der Waals surface area (Å²) in [6.45, 7) is 0.827. The summed E-state index contributed by atoms with van der Waals surface area (Å²) in [5, 5.41) is 4.08. The minimum atomic E-state index is -4.02. The molecule has 0 bridgehead atoms. The molecule has 1 aliphatic rings. The first-order valence-electron chi connectivity index (χ1n) is 5.86. The molecule has 0 spiro atoms. The van der Waals surface area contributed by atoms with Gasteiger partial charge >= 0.3 is 0 Å². The molecule has 2 aromatic rings. The number of hydrogen-bond donors (Lipinski definition) is 0. The Balaban J connectivity index is 2.10. The fourth-order valence-electron chi connectivity index (χ4n) is 2.10. The van der Waals surface area contributed by atoms with Crippen LogP contribution in [0.15, 0.2) is 29.4 Å². The molecule has 1 aromatic heterocycles. The highest BCUT2D eigenvalue weighted by Gasteiger charge is 2.32. The van der Waals surface area contributed by atoms with E-state index in [9.17, 15) is 12.8 Å². The lowest BCUT2D eigenvalue weighted by molar-refractivity contribution is 0.524. The third kappa shape index (κ3) is 2.04. The second-order valence-electron chi connectivity index (χ2n) is 4.29. The van der Waals surface area contributed by atoms with E-state index in [2.05, 4.69) is 10.1 Å². The predicted octanol–water partition coefficient (Wildman–Crippen LogP) is 1.67. The van der Waals surface area contributed by atoms with E-state index >= 15 is 0 Å². The molecule has 0 unspecified atom stereocenters. The van der Waals surface area contributed by atoms with Gasteiger partial charge < -0.3 is 0 Å². The maximum atomic E-state index is 13.9. The van der Waals surface area contributed by atoms with Crippen LogP contribution >= 0.6 is 11.6 Å². The molecule has 0 radical (unpaired) electrons. The molecular weight excluding hydrogens is 307 g/mol. The molecule has 0 amide bonds. The summed E-state index contributed by atoms with van der Waals surface area (Å²) in [7, 11) is -4.02. The first-order valence-corrected chi connectivity index (χ1v) is 7.67. The van der Waals surface area contributed by atoms with Crippen LogP contribution in [0.4, 0.5) is 10.3 Å². The number of halogens is 2. The molecule has 1 aliphatic heterocycles. The van der Waals surface area contributed by atoms with E-state index in [1.54, 1.807) is 0 Å². The zero-order chi connectivity index (χ0) is 14.3. The van der Waals surface area contributed by atoms with Crippen LogP contribution in [-0.4, -0.2) is 29.7 Å². The topological polar surface area (TPSA) is 68.1 Å². The molecule has 0 N–H and O–H groups in total. The maximum absolute atomic E-state index is 13.9. The van der Waals surface area contributed by atoms with Crippen LogP contribution in [0.5, 0.6) is 0 Å². The molecular formula is C11H10ClFN4O2S. The summed E-state index contributed by atoms with van der Waals surface area (Å²) in [6, 6.07) is 3.47. The number of aromatic nitrogens is 3.